The van der Waals surface area contributed by atoms with Crippen molar-refractivity contribution in [3.05, 3.63) is 70.7 Å². The molecule has 4 aromatic rings. The molecule has 0 radical (unpaired) electrons. The first-order chi connectivity index (χ1) is 15.4. The van der Waals surface area contributed by atoms with Gasteiger partial charge in [-0.25, -0.2) is 14.4 Å². The monoisotopic (exact) mass is 430 g/mol. The van der Waals surface area contributed by atoms with Crippen molar-refractivity contribution in [2.75, 3.05) is 23.8 Å². The molecule has 0 aliphatic carbocycles. The third-order valence-electron chi connectivity index (χ3n) is 5.90. The number of hydrogen-bond donors (Lipinski definition) is 3. The molecule has 0 unspecified atom stereocenters. The van der Waals surface area contributed by atoms with Gasteiger partial charge >= 0.3 is 0 Å². The minimum atomic E-state index is -0.490. The number of nitrogens with one attached hydrogen (secondary N) is 2. The Hall–Kier alpha value is -3.94. The van der Waals surface area contributed by atoms with Crippen LogP contribution < -0.4 is 16.0 Å². The topological polar surface area (TPSA) is 99.9 Å². The zero-order valence-corrected chi connectivity index (χ0v) is 17.9. The first-order valence-corrected chi connectivity index (χ1v) is 10.4. The number of carbonyl (C=O) groups excluding carboxylic acids is 1. The summed E-state index contributed by atoms with van der Waals surface area (Å²) in [5, 5.41) is 4.22. The number of aryl methyl sites for hydroxylation is 1. The molecule has 0 saturated heterocycles. The van der Waals surface area contributed by atoms with Gasteiger partial charge in [0.1, 0.15) is 17.5 Å². The maximum Gasteiger partial charge on any atom is 0.250 e. The largest absolute Gasteiger partial charge is 0.366 e. The highest BCUT2D eigenvalue weighted by Crippen LogP contribution is 2.37. The number of H-pyrrole nitrogens is 1. The third kappa shape index (κ3) is 3.33. The minimum Gasteiger partial charge on any atom is -0.366 e. The summed E-state index contributed by atoms with van der Waals surface area (Å²) in [7, 11) is 2.01. The number of benzene rings is 2. The molecule has 0 saturated carbocycles. The number of rotatable bonds is 5. The molecule has 2 aromatic heterocycles. The Labute approximate surface area is 184 Å². The molecule has 8 heteroatoms. The molecule has 162 valence electrons. The molecule has 1 amide bonds. The van der Waals surface area contributed by atoms with Crippen molar-refractivity contribution >= 4 is 28.4 Å². The maximum atomic E-state index is 13.6. The lowest BCUT2D eigenvalue weighted by Crippen LogP contribution is -2.14. The number of fused-ring (bicyclic) bond motifs is 2. The molecule has 0 spiro atoms. The summed E-state index contributed by atoms with van der Waals surface area (Å²) < 4.78 is 13.6. The number of hydrogen-bond acceptors (Lipinski definition) is 5. The molecule has 1 aliphatic rings. The fourth-order valence-corrected chi connectivity index (χ4v) is 4.33. The van der Waals surface area contributed by atoms with Crippen LogP contribution in [0.3, 0.4) is 0 Å². The summed E-state index contributed by atoms with van der Waals surface area (Å²) in [5.41, 5.74) is 10.2. The Morgan fingerprint density at radius 2 is 2.06 bits per heavy atom. The summed E-state index contributed by atoms with van der Waals surface area (Å²) in [5.74, 6) is 1.41. The molecule has 2 aromatic carbocycles. The third-order valence-corrected chi connectivity index (χ3v) is 5.90. The first-order valence-electron chi connectivity index (χ1n) is 10.4. The van der Waals surface area contributed by atoms with Crippen LogP contribution in [-0.4, -0.2) is 34.5 Å². The van der Waals surface area contributed by atoms with Gasteiger partial charge in [-0.05, 0) is 37.1 Å². The molecule has 3 heterocycles. The van der Waals surface area contributed by atoms with E-state index in [2.05, 4.69) is 15.2 Å². The second-order valence-corrected chi connectivity index (χ2v) is 8.07. The molecule has 4 N–H and O–H groups in total. The Balaban J connectivity index is 1.62. The van der Waals surface area contributed by atoms with Gasteiger partial charge in [0.15, 0.2) is 5.82 Å². The van der Waals surface area contributed by atoms with Gasteiger partial charge in [-0.1, -0.05) is 24.3 Å². The predicted molar refractivity (Wildman–Crippen MR) is 123 cm³/mol. The Kier molecular flexibility index (Phi) is 4.77. The standard InChI is InChI=1S/C24H23FN6O/c1-13-19(16-7-4-8-17(21(26)32)20(16)28-13)23-29-22(18-9-10-31(2)24(18)30-23)27-12-14-5-3-6-15(25)11-14/h3-8,11,28H,9-10,12H2,1-2H3,(H2,26,32)(H,27,29,30). The normalized spacial score (nSPS) is 12.9. The Morgan fingerprint density at radius 3 is 2.84 bits per heavy atom. The number of para-hydroxylation sites is 1. The van der Waals surface area contributed by atoms with Gasteiger partial charge in [0.2, 0.25) is 0 Å². The van der Waals surface area contributed by atoms with Crippen LogP contribution in [0.15, 0.2) is 42.5 Å². The summed E-state index contributed by atoms with van der Waals surface area (Å²) in [6.07, 6.45) is 0.830. The second kappa shape index (κ2) is 7.64. The van der Waals surface area contributed by atoms with E-state index in [1.165, 1.54) is 12.1 Å². The molecule has 7 nitrogen and oxygen atoms in total. The molecule has 0 fully saturated rings. The van der Waals surface area contributed by atoms with Crippen molar-refractivity contribution in [2.24, 2.45) is 5.73 Å². The van der Waals surface area contributed by atoms with Gasteiger partial charge in [-0.2, -0.15) is 0 Å². The lowest BCUT2D eigenvalue weighted by molar-refractivity contribution is 0.100. The van der Waals surface area contributed by atoms with E-state index in [9.17, 15) is 9.18 Å². The van der Waals surface area contributed by atoms with Gasteiger partial charge in [0.05, 0.1) is 11.1 Å². The Bertz CT molecular complexity index is 1360. The van der Waals surface area contributed by atoms with Crippen molar-refractivity contribution < 1.29 is 9.18 Å². The van der Waals surface area contributed by atoms with Crippen LogP contribution in [0.5, 0.6) is 0 Å². The molecular weight excluding hydrogens is 407 g/mol. The fourth-order valence-electron chi connectivity index (χ4n) is 4.33. The molecule has 1 aliphatic heterocycles. The second-order valence-electron chi connectivity index (χ2n) is 8.07. The van der Waals surface area contributed by atoms with Gasteiger partial charge in [0.25, 0.3) is 5.91 Å². The average molecular weight is 430 g/mol. The lowest BCUT2D eigenvalue weighted by Gasteiger charge is -2.15. The van der Waals surface area contributed by atoms with Crippen LogP contribution in [0.4, 0.5) is 16.0 Å². The van der Waals surface area contributed by atoms with Crippen LogP contribution >= 0.6 is 0 Å². The van der Waals surface area contributed by atoms with Crippen molar-refractivity contribution in [1.29, 1.82) is 0 Å². The highest BCUT2D eigenvalue weighted by molar-refractivity contribution is 6.09. The van der Waals surface area contributed by atoms with Gasteiger partial charge in [0, 0.05) is 42.3 Å². The average Bonchev–Trinajstić information content (AvgIpc) is 3.30. The lowest BCUT2D eigenvalue weighted by atomic mass is 10.1. The van der Waals surface area contributed by atoms with Gasteiger partial charge < -0.3 is 20.9 Å². The number of halogens is 1. The molecule has 5 rings (SSSR count). The number of amides is 1. The molecule has 0 bridgehead atoms. The number of aromatic nitrogens is 3. The zero-order chi connectivity index (χ0) is 22.4. The highest BCUT2D eigenvalue weighted by Gasteiger charge is 2.26. The van der Waals surface area contributed by atoms with E-state index in [0.717, 1.165) is 52.4 Å². The van der Waals surface area contributed by atoms with E-state index in [0.29, 0.717) is 23.4 Å². The van der Waals surface area contributed by atoms with Crippen molar-refractivity contribution in [2.45, 2.75) is 19.9 Å². The van der Waals surface area contributed by atoms with Gasteiger partial charge in [-0.3, -0.25) is 4.79 Å². The minimum absolute atomic E-state index is 0.266. The first kappa shape index (κ1) is 20.0. The van der Waals surface area contributed by atoms with E-state index in [4.69, 9.17) is 15.7 Å². The van der Waals surface area contributed by atoms with Crippen LogP contribution in [0.1, 0.15) is 27.2 Å². The quantitative estimate of drug-likeness (QED) is 0.448. The summed E-state index contributed by atoms with van der Waals surface area (Å²) in [6, 6.07) is 12.0. The number of carbonyl (C=O) groups is 1. The van der Waals surface area contributed by atoms with Crippen molar-refractivity contribution in [3.8, 4) is 11.4 Å². The number of nitrogens with two attached hydrogens (primary N) is 1. The number of anilines is 2. The van der Waals surface area contributed by atoms with Crippen molar-refractivity contribution in [1.82, 2.24) is 15.0 Å². The summed E-state index contributed by atoms with van der Waals surface area (Å²) in [4.78, 5) is 27.0. The maximum absolute atomic E-state index is 13.6. The van der Waals surface area contributed by atoms with Crippen LogP contribution in [-0.2, 0) is 13.0 Å². The zero-order valence-electron chi connectivity index (χ0n) is 17.9. The van der Waals surface area contributed by atoms with Crippen LogP contribution in [0, 0.1) is 12.7 Å². The SMILES string of the molecule is Cc1[nH]c2c(C(N)=O)cccc2c1-c1nc(NCc2cccc(F)c2)c2c(n1)N(C)CC2. The van der Waals surface area contributed by atoms with Crippen LogP contribution in [0.25, 0.3) is 22.3 Å². The number of primary amides is 1. The molecule has 0 atom stereocenters. The van der Waals surface area contributed by atoms with E-state index >= 15 is 0 Å². The summed E-state index contributed by atoms with van der Waals surface area (Å²) >= 11 is 0. The predicted octanol–water partition coefficient (Wildman–Crippen LogP) is 3.78. The number of likely N-dealkylation sites (N-methyl/N-ethyl adjacent to an activating group) is 1. The fraction of sp³-hybridized carbons (Fsp3) is 0.208. The summed E-state index contributed by atoms with van der Waals surface area (Å²) in [6.45, 7) is 3.23. The van der Waals surface area contributed by atoms with Gasteiger partial charge in [-0.15, -0.1) is 0 Å². The molecule has 32 heavy (non-hydrogen) atoms. The molecular formula is C24H23FN6O. The highest BCUT2D eigenvalue weighted by atomic mass is 19.1. The number of aromatic amines is 1. The van der Waals surface area contributed by atoms with Crippen LogP contribution in [0.2, 0.25) is 0 Å². The smallest absolute Gasteiger partial charge is 0.250 e. The van der Waals surface area contributed by atoms with Crippen molar-refractivity contribution in [3.63, 3.8) is 0 Å². The van der Waals surface area contributed by atoms with E-state index in [1.807, 2.05) is 32.2 Å². The van der Waals surface area contributed by atoms with E-state index in [-0.39, 0.29) is 5.82 Å². The Morgan fingerprint density at radius 1 is 1.25 bits per heavy atom. The number of nitrogens with zero attached hydrogens (tertiary/aromatic N) is 3. The van der Waals surface area contributed by atoms with E-state index in [1.54, 1.807) is 12.1 Å². The van der Waals surface area contributed by atoms with E-state index < -0.39 is 5.91 Å².